The molecule has 3 rings (SSSR count). The van der Waals surface area contributed by atoms with Crippen LogP contribution in [0.15, 0.2) is 48.0 Å². The molecule has 2 aromatic rings. The van der Waals surface area contributed by atoms with Gasteiger partial charge < -0.3 is 24.2 Å². The zero-order chi connectivity index (χ0) is 25.9. The highest BCUT2D eigenvalue weighted by molar-refractivity contribution is 6.46. The summed E-state index contributed by atoms with van der Waals surface area (Å²) in [4.78, 5) is 27.8. The summed E-state index contributed by atoms with van der Waals surface area (Å²) >= 11 is 0. The fourth-order valence-corrected chi connectivity index (χ4v) is 4.18. The second kappa shape index (κ2) is 10.5. The largest absolute Gasteiger partial charge is 0.507 e. The number of ketones is 1. The van der Waals surface area contributed by atoms with E-state index in [0.29, 0.717) is 22.6 Å². The predicted molar refractivity (Wildman–Crippen MR) is 135 cm³/mol. The van der Waals surface area contributed by atoms with Gasteiger partial charge in [-0.2, -0.15) is 0 Å². The van der Waals surface area contributed by atoms with Crippen LogP contribution < -0.4 is 9.47 Å². The number of rotatable bonds is 8. The number of hydrogen-bond donors (Lipinski definition) is 1. The smallest absolute Gasteiger partial charge is 0.295 e. The van der Waals surface area contributed by atoms with E-state index >= 15 is 0 Å². The molecule has 1 saturated heterocycles. The number of benzene rings is 2. The molecule has 0 saturated carbocycles. The number of ether oxygens (including phenoxy) is 3. The van der Waals surface area contributed by atoms with Gasteiger partial charge in [0, 0.05) is 13.7 Å². The van der Waals surface area contributed by atoms with Gasteiger partial charge in [0.1, 0.15) is 17.3 Å². The van der Waals surface area contributed by atoms with Crippen molar-refractivity contribution in [3.63, 3.8) is 0 Å². The highest BCUT2D eigenvalue weighted by Crippen LogP contribution is 2.42. The molecular formula is C28H35NO6. The van der Waals surface area contributed by atoms with Gasteiger partial charge >= 0.3 is 0 Å². The zero-order valence-electron chi connectivity index (χ0n) is 21.5. The summed E-state index contributed by atoms with van der Waals surface area (Å²) in [6.45, 7) is 10.5. The molecule has 0 bridgehead atoms. The van der Waals surface area contributed by atoms with Crippen LogP contribution >= 0.6 is 0 Å². The van der Waals surface area contributed by atoms with Crippen molar-refractivity contribution >= 4 is 17.4 Å². The first-order valence-corrected chi connectivity index (χ1v) is 11.7. The molecule has 1 aliphatic rings. The molecule has 1 N–H and O–H groups in total. The number of hydrogen-bond acceptors (Lipinski definition) is 6. The van der Waals surface area contributed by atoms with Crippen LogP contribution in [0, 0.1) is 0 Å². The average molecular weight is 482 g/mol. The lowest BCUT2D eigenvalue weighted by molar-refractivity contribution is -0.140. The van der Waals surface area contributed by atoms with Crippen LogP contribution in [-0.4, -0.2) is 55.2 Å². The lowest BCUT2D eigenvalue weighted by Gasteiger charge is -2.26. The number of nitrogens with zero attached hydrogens (tertiary/aromatic N) is 1. The summed E-state index contributed by atoms with van der Waals surface area (Å²) in [6, 6.07) is 12.0. The van der Waals surface area contributed by atoms with Crippen LogP contribution in [0.3, 0.4) is 0 Å². The third-order valence-electron chi connectivity index (χ3n) is 5.94. The van der Waals surface area contributed by atoms with E-state index in [1.165, 1.54) is 19.1 Å². The molecule has 0 spiro atoms. The Morgan fingerprint density at radius 2 is 1.80 bits per heavy atom. The summed E-state index contributed by atoms with van der Waals surface area (Å²) < 4.78 is 16.5. The second-order valence-corrected chi connectivity index (χ2v) is 9.89. The first-order valence-electron chi connectivity index (χ1n) is 11.7. The highest BCUT2D eigenvalue weighted by Gasteiger charge is 2.46. The molecule has 188 valence electrons. The summed E-state index contributed by atoms with van der Waals surface area (Å²) in [7, 11) is 3.04. The first kappa shape index (κ1) is 26.3. The third kappa shape index (κ3) is 5.51. The summed E-state index contributed by atoms with van der Waals surface area (Å²) in [6.07, 6.45) is -0.0468. The van der Waals surface area contributed by atoms with Crippen molar-refractivity contribution in [1.82, 2.24) is 4.90 Å². The monoisotopic (exact) mass is 481 g/mol. The molecule has 35 heavy (non-hydrogen) atoms. The van der Waals surface area contributed by atoms with E-state index < -0.39 is 17.7 Å². The Morgan fingerprint density at radius 1 is 1.09 bits per heavy atom. The Hall–Kier alpha value is -3.32. The van der Waals surface area contributed by atoms with E-state index in [0.717, 1.165) is 5.56 Å². The number of likely N-dealkylation sites (tertiary alicyclic amines) is 1. The summed E-state index contributed by atoms with van der Waals surface area (Å²) in [5.74, 6) is -0.681. The normalized spacial score (nSPS) is 17.8. The van der Waals surface area contributed by atoms with Gasteiger partial charge in [-0.3, -0.25) is 9.59 Å². The Bertz CT molecular complexity index is 1130. The number of carbonyl (C=O) groups is 2. The van der Waals surface area contributed by atoms with Gasteiger partial charge in [0.25, 0.3) is 11.7 Å². The van der Waals surface area contributed by atoms with E-state index in [1.54, 1.807) is 12.1 Å². The lowest BCUT2D eigenvalue weighted by atomic mass is 9.85. The Morgan fingerprint density at radius 3 is 2.40 bits per heavy atom. The van der Waals surface area contributed by atoms with Crippen molar-refractivity contribution in [1.29, 1.82) is 0 Å². The van der Waals surface area contributed by atoms with Crippen LogP contribution in [0.25, 0.3) is 5.76 Å². The minimum absolute atomic E-state index is 0.0113. The molecule has 7 nitrogen and oxygen atoms in total. The zero-order valence-corrected chi connectivity index (χ0v) is 21.5. The summed E-state index contributed by atoms with van der Waals surface area (Å²) in [5, 5.41) is 11.5. The fraction of sp³-hybridized carbons (Fsp3) is 0.429. The number of carbonyl (C=O) groups excluding carboxylic acids is 2. The predicted octanol–water partition coefficient (Wildman–Crippen LogP) is 4.85. The SMILES string of the molecule is COCCN1C(=O)C(=O)/C(=C(/O)c2cc(C(C)(C)C)ccc2OC)C1c1cccc(OC(C)C)c1. The molecule has 1 fully saturated rings. The molecule has 1 amide bonds. The average Bonchev–Trinajstić information content (AvgIpc) is 3.05. The van der Waals surface area contributed by atoms with E-state index in [1.807, 2.05) is 44.2 Å². The van der Waals surface area contributed by atoms with E-state index in [-0.39, 0.29) is 36.0 Å². The number of aliphatic hydroxyl groups is 1. The number of methoxy groups -OCH3 is 2. The van der Waals surface area contributed by atoms with Gasteiger partial charge in [-0.1, -0.05) is 39.0 Å². The van der Waals surface area contributed by atoms with Crippen LogP contribution in [0.4, 0.5) is 0 Å². The highest BCUT2D eigenvalue weighted by atomic mass is 16.5. The van der Waals surface area contributed by atoms with Gasteiger partial charge in [0.05, 0.1) is 37.0 Å². The lowest BCUT2D eigenvalue weighted by Crippen LogP contribution is -2.32. The summed E-state index contributed by atoms with van der Waals surface area (Å²) in [5.41, 5.74) is 1.79. The van der Waals surface area contributed by atoms with Gasteiger partial charge in [-0.15, -0.1) is 0 Å². The molecule has 0 aromatic heterocycles. The molecule has 7 heteroatoms. The number of aliphatic hydroxyl groups excluding tert-OH is 1. The van der Waals surface area contributed by atoms with E-state index in [4.69, 9.17) is 14.2 Å². The second-order valence-electron chi connectivity index (χ2n) is 9.89. The maximum atomic E-state index is 13.3. The van der Waals surface area contributed by atoms with Crippen molar-refractivity contribution in [2.24, 2.45) is 0 Å². The molecule has 1 atom stereocenters. The van der Waals surface area contributed by atoms with Crippen molar-refractivity contribution in [2.45, 2.75) is 52.2 Å². The standard InChI is InChI=1S/C28H35NO6/c1-17(2)35-20-10-8-9-18(15-20)24-23(26(31)27(32)29(24)13-14-33-6)25(30)21-16-19(28(3,4)5)11-12-22(21)34-7/h8-12,15-17,24,30H,13-14H2,1-7H3/b25-23+. The fourth-order valence-electron chi connectivity index (χ4n) is 4.18. The quantitative estimate of drug-likeness (QED) is 0.330. The van der Waals surface area contributed by atoms with Crippen LogP contribution in [0.5, 0.6) is 11.5 Å². The molecular weight excluding hydrogens is 446 g/mol. The maximum absolute atomic E-state index is 13.3. The Labute approximate surface area is 207 Å². The van der Waals surface area contributed by atoms with Gasteiger partial charge in [-0.05, 0) is 54.7 Å². The molecule has 0 aliphatic carbocycles. The van der Waals surface area contributed by atoms with Crippen LogP contribution in [0.2, 0.25) is 0 Å². The van der Waals surface area contributed by atoms with Gasteiger partial charge in [-0.25, -0.2) is 0 Å². The number of Topliss-reactive ketones (excluding diaryl/α,β-unsaturated/α-hetero) is 1. The molecule has 1 unspecified atom stereocenters. The van der Waals surface area contributed by atoms with Crippen molar-refractivity contribution in [3.8, 4) is 11.5 Å². The topological polar surface area (TPSA) is 85.3 Å². The van der Waals surface area contributed by atoms with Crippen molar-refractivity contribution in [2.75, 3.05) is 27.4 Å². The molecule has 1 heterocycles. The van der Waals surface area contributed by atoms with Crippen molar-refractivity contribution < 1.29 is 28.9 Å². The van der Waals surface area contributed by atoms with E-state index in [2.05, 4.69) is 20.8 Å². The Kier molecular flexibility index (Phi) is 7.90. The number of amides is 1. The molecule has 2 aromatic carbocycles. The van der Waals surface area contributed by atoms with Crippen LogP contribution in [-0.2, 0) is 19.7 Å². The third-order valence-corrected chi connectivity index (χ3v) is 5.94. The van der Waals surface area contributed by atoms with Crippen molar-refractivity contribution in [3.05, 3.63) is 64.7 Å². The van der Waals surface area contributed by atoms with Crippen LogP contribution in [0.1, 0.15) is 57.4 Å². The minimum atomic E-state index is -0.802. The maximum Gasteiger partial charge on any atom is 0.295 e. The van der Waals surface area contributed by atoms with Gasteiger partial charge in [0.2, 0.25) is 0 Å². The molecule has 0 radical (unpaired) electrons. The van der Waals surface area contributed by atoms with E-state index in [9.17, 15) is 14.7 Å². The molecule has 1 aliphatic heterocycles. The van der Waals surface area contributed by atoms with Gasteiger partial charge in [0.15, 0.2) is 0 Å². The minimum Gasteiger partial charge on any atom is -0.507 e. The first-order chi connectivity index (χ1) is 16.5. The Balaban J connectivity index is 2.25.